The molecule has 3 aromatic carbocycles. The Hall–Kier alpha value is -3.83. The van der Waals surface area contributed by atoms with Crippen LogP contribution >= 0.6 is 0 Å². The zero-order valence-corrected chi connectivity index (χ0v) is 12.9. The van der Waals surface area contributed by atoms with Crippen LogP contribution < -0.4 is 9.47 Å². The van der Waals surface area contributed by atoms with Crippen LogP contribution in [0.3, 0.4) is 0 Å². The van der Waals surface area contributed by atoms with E-state index < -0.39 is 5.82 Å². The molecule has 0 aromatic heterocycles. The molecule has 0 aliphatic carbocycles. The Kier molecular flexibility index (Phi) is 4.60. The lowest BCUT2D eigenvalue weighted by Crippen LogP contribution is -1.96. The highest BCUT2D eigenvalue weighted by atomic mass is 19.1. The molecule has 3 aromatic rings. The summed E-state index contributed by atoms with van der Waals surface area (Å²) in [5.41, 5.74) is 0.587. The van der Waals surface area contributed by atoms with Gasteiger partial charge < -0.3 is 9.47 Å². The van der Waals surface area contributed by atoms with Gasteiger partial charge in [0, 0.05) is 0 Å². The average molecular weight is 330 g/mol. The van der Waals surface area contributed by atoms with Crippen LogP contribution in [0.25, 0.3) is 0 Å². The molecule has 0 saturated heterocycles. The van der Waals surface area contributed by atoms with Crippen molar-refractivity contribution in [2.45, 2.75) is 0 Å². The van der Waals surface area contributed by atoms with Crippen LogP contribution in [0.15, 0.2) is 66.7 Å². The number of benzene rings is 3. The maximum absolute atomic E-state index is 14.3. The fourth-order valence-electron chi connectivity index (χ4n) is 2.19. The Labute approximate surface area is 143 Å². The third kappa shape index (κ3) is 3.41. The molecule has 5 heteroatoms. The second kappa shape index (κ2) is 7.16. The molecule has 0 N–H and O–H groups in total. The Morgan fingerprint density at radius 1 is 0.640 bits per heavy atom. The van der Waals surface area contributed by atoms with Crippen molar-refractivity contribution >= 4 is 0 Å². The number of hydrogen-bond acceptors (Lipinski definition) is 4. The van der Waals surface area contributed by atoms with Gasteiger partial charge in [0.25, 0.3) is 0 Å². The standard InChI is InChI=1S/C20H11FN2O2/c21-16-8-5-11-19(24-17-9-3-1-6-14(17)12-22)20(16)25-18-10-4-2-7-15(18)13-23/h1-11H. The third-order valence-corrected chi connectivity index (χ3v) is 3.38. The van der Waals surface area contributed by atoms with E-state index in [2.05, 4.69) is 0 Å². The number of halogens is 1. The van der Waals surface area contributed by atoms with Crippen molar-refractivity contribution in [3.05, 3.63) is 83.7 Å². The Morgan fingerprint density at radius 2 is 1.16 bits per heavy atom. The van der Waals surface area contributed by atoms with Gasteiger partial charge in [-0.25, -0.2) is 4.39 Å². The summed E-state index contributed by atoms with van der Waals surface area (Å²) in [5.74, 6) is -0.185. The van der Waals surface area contributed by atoms with Crippen molar-refractivity contribution in [3.63, 3.8) is 0 Å². The van der Waals surface area contributed by atoms with Crippen LogP contribution in [-0.2, 0) is 0 Å². The van der Waals surface area contributed by atoms with Crippen molar-refractivity contribution in [1.82, 2.24) is 0 Å². The van der Waals surface area contributed by atoms with Gasteiger partial charge in [-0.3, -0.25) is 0 Å². The quantitative estimate of drug-likeness (QED) is 0.663. The molecule has 0 aliphatic heterocycles. The Bertz CT molecular complexity index is 1000. The van der Waals surface area contributed by atoms with Gasteiger partial charge in [0.2, 0.25) is 5.75 Å². The first-order valence-electron chi connectivity index (χ1n) is 7.35. The van der Waals surface area contributed by atoms with E-state index in [-0.39, 0.29) is 28.6 Å². The van der Waals surface area contributed by atoms with Gasteiger partial charge in [0.15, 0.2) is 11.6 Å². The molecule has 0 heterocycles. The highest BCUT2D eigenvalue weighted by molar-refractivity contribution is 5.52. The van der Waals surface area contributed by atoms with Crippen molar-refractivity contribution in [1.29, 1.82) is 10.5 Å². The van der Waals surface area contributed by atoms with Crippen LogP contribution in [0.2, 0.25) is 0 Å². The summed E-state index contributed by atoms with van der Waals surface area (Å²) in [4.78, 5) is 0. The van der Waals surface area contributed by atoms with Crippen molar-refractivity contribution in [2.75, 3.05) is 0 Å². The fraction of sp³-hybridized carbons (Fsp3) is 0. The highest BCUT2D eigenvalue weighted by Gasteiger charge is 2.16. The average Bonchev–Trinajstić information content (AvgIpc) is 2.65. The second-order valence-corrected chi connectivity index (χ2v) is 4.99. The Morgan fingerprint density at radius 3 is 1.76 bits per heavy atom. The van der Waals surface area contributed by atoms with E-state index in [1.807, 2.05) is 12.1 Å². The van der Waals surface area contributed by atoms with E-state index in [1.165, 1.54) is 18.2 Å². The van der Waals surface area contributed by atoms with Crippen molar-refractivity contribution in [3.8, 4) is 35.1 Å². The Balaban J connectivity index is 2.01. The molecule has 0 amide bonds. The molecule has 0 unspecified atom stereocenters. The zero-order chi connectivity index (χ0) is 17.6. The van der Waals surface area contributed by atoms with E-state index in [9.17, 15) is 4.39 Å². The molecule has 0 atom stereocenters. The first-order valence-corrected chi connectivity index (χ1v) is 7.35. The van der Waals surface area contributed by atoms with E-state index >= 15 is 0 Å². The van der Waals surface area contributed by atoms with Gasteiger partial charge in [0.1, 0.15) is 23.6 Å². The van der Waals surface area contributed by atoms with E-state index in [0.29, 0.717) is 5.56 Å². The SMILES string of the molecule is N#Cc1ccccc1Oc1cccc(F)c1Oc1ccccc1C#N. The number of nitriles is 2. The first kappa shape index (κ1) is 16.0. The summed E-state index contributed by atoms with van der Waals surface area (Å²) < 4.78 is 25.6. The molecule has 0 aliphatic rings. The molecule has 120 valence electrons. The minimum atomic E-state index is -0.639. The number of rotatable bonds is 4. The lowest BCUT2D eigenvalue weighted by atomic mass is 10.2. The number of nitrogens with zero attached hydrogens (tertiary/aromatic N) is 2. The van der Waals surface area contributed by atoms with Gasteiger partial charge in [0.05, 0.1) is 11.1 Å². The summed E-state index contributed by atoms with van der Waals surface area (Å²) in [6.45, 7) is 0. The molecule has 0 saturated carbocycles. The van der Waals surface area contributed by atoms with Crippen LogP contribution in [-0.4, -0.2) is 0 Å². The van der Waals surface area contributed by atoms with Crippen molar-refractivity contribution in [2.24, 2.45) is 0 Å². The minimum absolute atomic E-state index is 0.107. The molecule has 0 radical (unpaired) electrons. The van der Waals surface area contributed by atoms with E-state index in [1.54, 1.807) is 48.5 Å². The molecule has 3 rings (SSSR count). The van der Waals surface area contributed by atoms with Crippen LogP contribution in [0.5, 0.6) is 23.0 Å². The third-order valence-electron chi connectivity index (χ3n) is 3.38. The topological polar surface area (TPSA) is 66.0 Å². The molecule has 0 bridgehead atoms. The second-order valence-electron chi connectivity index (χ2n) is 4.99. The summed E-state index contributed by atoms with van der Waals surface area (Å²) in [6.07, 6.45) is 0. The minimum Gasteiger partial charge on any atom is -0.452 e. The van der Waals surface area contributed by atoms with E-state index in [4.69, 9.17) is 20.0 Å². The zero-order valence-electron chi connectivity index (χ0n) is 12.9. The van der Waals surface area contributed by atoms with Gasteiger partial charge >= 0.3 is 0 Å². The normalized spacial score (nSPS) is 9.72. The molecule has 25 heavy (non-hydrogen) atoms. The number of para-hydroxylation sites is 3. The number of hydrogen-bond donors (Lipinski definition) is 0. The summed E-state index contributed by atoms with van der Waals surface area (Å²) in [5, 5.41) is 18.3. The van der Waals surface area contributed by atoms with E-state index in [0.717, 1.165) is 0 Å². The van der Waals surface area contributed by atoms with Gasteiger partial charge in [-0.2, -0.15) is 10.5 Å². The lowest BCUT2D eigenvalue weighted by Gasteiger charge is -2.14. The van der Waals surface area contributed by atoms with Gasteiger partial charge in [-0.15, -0.1) is 0 Å². The maximum atomic E-state index is 14.3. The maximum Gasteiger partial charge on any atom is 0.205 e. The molecule has 0 fully saturated rings. The van der Waals surface area contributed by atoms with Crippen LogP contribution in [0, 0.1) is 28.5 Å². The summed E-state index contributed by atoms with van der Waals surface area (Å²) in [7, 11) is 0. The molecule has 0 spiro atoms. The fourth-order valence-corrected chi connectivity index (χ4v) is 2.19. The summed E-state index contributed by atoms with van der Waals surface area (Å²) >= 11 is 0. The molecular weight excluding hydrogens is 319 g/mol. The molecular formula is C20H11FN2O2. The first-order chi connectivity index (χ1) is 12.2. The van der Waals surface area contributed by atoms with Crippen molar-refractivity contribution < 1.29 is 13.9 Å². The van der Waals surface area contributed by atoms with Gasteiger partial charge in [-0.05, 0) is 36.4 Å². The van der Waals surface area contributed by atoms with Crippen LogP contribution in [0.1, 0.15) is 11.1 Å². The lowest BCUT2D eigenvalue weighted by molar-refractivity contribution is 0.393. The predicted molar refractivity (Wildman–Crippen MR) is 88.9 cm³/mol. The largest absolute Gasteiger partial charge is 0.452 e. The predicted octanol–water partition coefficient (Wildman–Crippen LogP) is 5.15. The van der Waals surface area contributed by atoms with Crippen LogP contribution in [0.4, 0.5) is 4.39 Å². The van der Waals surface area contributed by atoms with Gasteiger partial charge in [-0.1, -0.05) is 30.3 Å². The summed E-state index contributed by atoms with van der Waals surface area (Å²) in [6, 6.07) is 21.4. The molecule has 4 nitrogen and oxygen atoms in total. The monoisotopic (exact) mass is 330 g/mol. The highest BCUT2D eigenvalue weighted by Crippen LogP contribution is 2.38. The number of ether oxygens (including phenoxy) is 2. The smallest absolute Gasteiger partial charge is 0.205 e.